The molecule has 0 aliphatic rings. The molecule has 0 aliphatic carbocycles. The van der Waals surface area contributed by atoms with Crippen LogP contribution in [0.4, 0.5) is 17.1 Å². The Bertz CT molecular complexity index is 875. The smallest absolute Gasteiger partial charge is 0.274 e. The van der Waals surface area contributed by atoms with E-state index < -0.39 is 0 Å². The first kappa shape index (κ1) is 17.5. The number of carbonyl (C=O) groups is 1. The lowest BCUT2D eigenvalue weighted by Gasteiger charge is -2.09. The predicted octanol–water partition coefficient (Wildman–Crippen LogP) is 4.65. The third-order valence-corrected chi connectivity index (χ3v) is 3.99. The molecule has 0 aliphatic heterocycles. The van der Waals surface area contributed by atoms with E-state index in [4.69, 9.17) is 4.74 Å². The minimum atomic E-state index is -0.264. The monoisotopic (exact) mass is 347 g/mol. The van der Waals surface area contributed by atoms with Crippen molar-refractivity contribution in [2.75, 3.05) is 17.7 Å². The number of anilines is 3. The van der Waals surface area contributed by atoms with Gasteiger partial charge in [0.05, 0.1) is 7.11 Å². The van der Waals surface area contributed by atoms with Crippen molar-refractivity contribution < 1.29 is 9.53 Å². The number of hydrogen-bond acceptors (Lipinski definition) is 4. The van der Waals surface area contributed by atoms with E-state index in [1.54, 1.807) is 43.6 Å². The summed E-state index contributed by atoms with van der Waals surface area (Å²) in [5.74, 6) is 0.474. The van der Waals surface area contributed by atoms with E-state index in [9.17, 15) is 4.79 Å². The summed E-state index contributed by atoms with van der Waals surface area (Å²) in [7, 11) is 1.60. The SMILES string of the molecule is CCc1ccc(Nc2ccnc(C(=O)Nc3ccc(OC)cc3)c2)cc1. The molecular weight excluding hydrogens is 326 g/mol. The number of nitrogens with zero attached hydrogens (tertiary/aromatic N) is 1. The molecule has 132 valence electrons. The summed E-state index contributed by atoms with van der Waals surface area (Å²) < 4.78 is 5.11. The van der Waals surface area contributed by atoms with Gasteiger partial charge in [-0.2, -0.15) is 0 Å². The van der Waals surface area contributed by atoms with Gasteiger partial charge >= 0.3 is 0 Å². The lowest BCUT2D eigenvalue weighted by Crippen LogP contribution is -2.13. The van der Waals surface area contributed by atoms with Crippen LogP contribution in [0.5, 0.6) is 5.75 Å². The normalized spacial score (nSPS) is 10.2. The van der Waals surface area contributed by atoms with Crippen molar-refractivity contribution in [2.45, 2.75) is 13.3 Å². The zero-order valence-corrected chi connectivity index (χ0v) is 14.8. The highest BCUT2D eigenvalue weighted by Crippen LogP contribution is 2.19. The summed E-state index contributed by atoms with van der Waals surface area (Å²) in [4.78, 5) is 16.6. The van der Waals surface area contributed by atoms with Crippen LogP contribution in [0, 0.1) is 0 Å². The van der Waals surface area contributed by atoms with Crippen LogP contribution in [0.1, 0.15) is 23.0 Å². The van der Waals surface area contributed by atoms with Crippen LogP contribution in [-0.4, -0.2) is 18.0 Å². The molecule has 0 saturated carbocycles. The zero-order chi connectivity index (χ0) is 18.4. The molecule has 5 heteroatoms. The molecule has 0 unspecified atom stereocenters. The Labute approximate surface area is 153 Å². The second-order valence-electron chi connectivity index (χ2n) is 5.79. The Morgan fingerprint density at radius 2 is 1.65 bits per heavy atom. The first-order valence-electron chi connectivity index (χ1n) is 8.45. The van der Waals surface area contributed by atoms with Gasteiger partial charge in [-0.25, -0.2) is 0 Å². The molecule has 0 radical (unpaired) electrons. The number of rotatable bonds is 6. The number of nitrogens with one attached hydrogen (secondary N) is 2. The van der Waals surface area contributed by atoms with E-state index in [0.29, 0.717) is 11.4 Å². The van der Waals surface area contributed by atoms with Gasteiger partial charge in [0.2, 0.25) is 0 Å². The molecule has 0 bridgehead atoms. The van der Waals surface area contributed by atoms with Gasteiger partial charge in [0, 0.05) is 23.3 Å². The minimum absolute atomic E-state index is 0.264. The first-order valence-corrected chi connectivity index (χ1v) is 8.45. The van der Waals surface area contributed by atoms with Crippen LogP contribution in [-0.2, 0) is 6.42 Å². The van der Waals surface area contributed by atoms with Crippen molar-refractivity contribution >= 4 is 23.0 Å². The Hall–Kier alpha value is -3.34. The highest BCUT2D eigenvalue weighted by molar-refractivity contribution is 6.03. The summed E-state index contributed by atoms with van der Waals surface area (Å²) in [6, 6.07) is 18.9. The zero-order valence-electron chi connectivity index (χ0n) is 14.8. The van der Waals surface area contributed by atoms with E-state index in [1.165, 1.54) is 5.56 Å². The van der Waals surface area contributed by atoms with Gasteiger partial charge in [0.1, 0.15) is 11.4 Å². The Morgan fingerprint density at radius 1 is 0.962 bits per heavy atom. The molecule has 3 aromatic rings. The van der Waals surface area contributed by atoms with Crippen molar-refractivity contribution in [1.29, 1.82) is 0 Å². The fraction of sp³-hybridized carbons (Fsp3) is 0.143. The lowest BCUT2D eigenvalue weighted by atomic mass is 10.1. The van der Waals surface area contributed by atoms with Gasteiger partial charge in [0.15, 0.2) is 0 Å². The molecule has 2 N–H and O–H groups in total. The predicted molar refractivity (Wildman–Crippen MR) is 104 cm³/mol. The topological polar surface area (TPSA) is 63.2 Å². The fourth-order valence-electron chi connectivity index (χ4n) is 2.49. The van der Waals surface area contributed by atoms with Gasteiger partial charge in [-0.15, -0.1) is 0 Å². The number of aryl methyl sites for hydroxylation is 1. The number of benzene rings is 2. The maximum absolute atomic E-state index is 12.4. The largest absolute Gasteiger partial charge is 0.497 e. The molecule has 0 fully saturated rings. The summed E-state index contributed by atoms with van der Waals surface area (Å²) >= 11 is 0. The average Bonchev–Trinajstić information content (AvgIpc) is 2.69. The van der Waals surface area contributed by atoms with Crippen LogP contribution in [0.25, 0.3) is 0 Å². The quantitative estimate of drug-likeness (QED) is 0.681. The van der Waals surface area contributed by atoms with E-state index in [-0.39, 0.29) is 5.91 Å². The minimum Gasteiger partial charge on any atom is -0.497 e. The Morgan fingerprint density at radius 3 is 2.31 bits per heavy atom. The van der Waals surface area contributed by atoms with Crippen LogP contribution in [0.3, 0.4) is 0 Å². The molecule has 2 aromatic carbocycles. The fourth-order valence-corrected chi connectivity index (χ4v) is 2.49. The van der Waals surface area contributed by atoms with E-state index in [2.05, 4.69) is 34.7 Å². The number of hydrogen-bond donors (Lipinski definition) is 2. The number of ether oxygens (including phenoxy) is 1. The van der Waals surface area contributed by atoms with Crippen LogP contribution in [0.2, 0.25) is 0 Å². The molecule has 5 nitrogen and oxygen atoms in total. The molecule has 26 heavy (non-hydrogen) atoms. The molecule has 0 saturated heterocycles. The van der Waals surface area contributed by atoms with Crippen molar-refractivity contribution in [3.8, 4) is 5.75 Å². The van der Waals surface area contributed by atoms with Crippen molar-refractivity contribution in [3.63, 3.8) is 0 Å². The van der Waals surface area contributed by atoms with Crippen LogP contribution in [0.15, 0.2) is 66.9 Å². The molecule has 1 aromatic heterocycles. The number of aromatic nitrogens is 1. The third-order valence-electron chi connectivity index (χ3n) is 3.99. The number of methoxy groups -OCH3 is 1. The molecule has 0 spiro atoms. The third kappa shape index (κ3) is 4.39. The highest BCUT2D eigenvalue weighted by Gasteiger charge is 2.09. The molecule has 0 atom stereocenters. The van der Waals surface area contributed by atoms with Gasteiger partial charge < -0.3 is 15.4 Å². The summed E-state index contributed by atoms with van der Waals surface area (Å²) in [5.41, 5.74) is 4.09. The van der Waals surface area contributed by atoms with Gasteiger partial charge in [0.25, 0.3) is 5.91 Å². The van der Waals surface area contributed by atoms with E-state index in [0.717, 1.165) is 23.5 Å². The second-order valence-corrected chi connectivity index (χ2v) is 5.79. The van der Waals surface area contributed by atoms with Crippen molar-refractivity contribution in [2.24, 2.45) is 0 Å². The number of carbonyl (C=O) groups excluding carboxylic acids is 1. The average molecular weight is 347 g/mol. The summed E-state index contributed by atoms with van der Waals surface area (Å²) in [6.45, 7) is 2.12. The maximum atomic E-state index is 12.4. The first-order chi connectivity index (χ1) is 12.7. The second kappa shape index (κ2) is 8.16. The highest BCUT2D eigenvalue weighted by atomic mass is 16.5. The van der Waals surface area contributed by atoms with E-state index >= 15 is 0 Å². The van der Waals surface area contributed by atoms with Gasteiger partial charge in [-0.3, -0.25) is 9.78 Å². The number of pyridine rings is 1. The summed E-state index contributed by atoms with van der Waals surface area (Å²) in [5, 5.41) is 6.12. The molecular formula is C21H21N3O2. The molecule has 1 amide bonds. The summed E-state index contributed by atoms with van der Waals surface area (Å²) in [6.07, 6.45) is 2.62. The Kier molecular flexibility index (Phi) is 5.49. The van der Waals surface area contributed by atoms with Crippen LogP contribution >= 0.6 is 0 Å². The number of amides is 1. The maximum Gasteiger partial charge on any atom is 0.274 e. The van der Waals surface area contributed by atoms with Crippen molar-refractivity contribution in [1.82, 2.24) is 4.98 Å². The van der Waals surface area contributed by atoms with Gasteiger partial charge in [-0.1, -0.05) is 19.1 Å². The lowest BCUT2D eigenvalue weighted by molar-refractivity contribution is 0.102. The van der Waals surface area contributed by atoms with E-state index in [1.807, 2.05) is 18.2 Å². The van der Waals surface area contributed by atoms with Crippen molar-refractivity contribution in [3.05, 3.63) is 78.1 Å². The molecule has 3 rings (SSSR count). The van der Waals surface area contributed by atoms with Gasteiger partial charge in [-0.05, 0) is 60.5 Å². The van der Waals surface area contributed by atoms with Crippen LogP contribution < -0.4 is 15.4 Å². The Balaban J connectivity index is 1.69. The molecule has 1 heterocycles. The standard InChI is InChI=1S/C21H21N3O2/c1-3-15-4-6-16(7-5-15)23-18-12-13-22-20(14-18)21(25)24-17-8-10-19(26-2)11-9-17/h4-14H,3H2,1-2H3,(H,22,23)(H,24,25).